The summed E-state index contributed by atoms with van der Waals surface area (Å²) in [4.78, 5) is 0. The minimum absolute atomic E-state index is 0.624. The number of anilines is 3. The van der Waals surface area contributed by atoms with Crippen LogP contribution in [0.5, 0.6) is 5.75 Å². The number of hydrogen-bond acceptors (Lipinski definition) is 4. The predicted molar refractivity (Wildman–Crippen MR) is 77.9 cm³/mol. The Bertz CT molecular complexity index is 563. The van der Waals surface area contributed by atoms with Gasteiger partial charge in [0.05, 0.1) is 29.4 Å². The monoisotopic (exact) mass is 260 g/mol. The van der Waals surface area contributed by atoms with Crippen molar-refractivity contribution in [1.29, 1.82) is 0 Å². The van der Waals surface area contributed by atoms with E-state index in [1.807, 2.05) is 38.4 Å². The first-order valence-electron chi connectivity index (χ1n) is 6.40. The Morgan fingerprint density at radius 1 is 1.37 bits per heavy atom. The Morgan fingerprint density at radius 3 is 2.79 bits per heavy atom. The van der Waals surface area contributed by atoms with Crippen LogP contribution in [0, 0.1) is 6.92 Å². The molecule has 0 aliphatic rings. The normalized spacial score (nSPS) is 10.5. The molecule has 0 aliphatic heterocycles. The molecule has 0 aliphatic carbocycles. The maximum atomic E-state index is 6.11. The Balaban J connectivity index is 2.23. The van der Waals surface area contributed by atoms with Crippen molar-refractivity contribution in [2.75, 3.05) is 17.7 Å². The number of para-hydroxylation sites is 1. The standard InChI is InChI=1S/C14H20N4O/c1-4-8-19-13-7-5-6-11(14(13)15)16-12-9-18(3)17-10(12)2/h5-7,9,16H,4,8,15H2,1-3H3. The minimum Gasteiger partial charge on any atom is -0.491 e. The second-order valence-corrected chi connectivity index (χ2v) is 4.49. The van der Waals surface area contributed by atoms with Gasteiger partial charge in [0.2, 0.25) is 0 Å². The SMILES string of the molecule is CCCOc1cccc(Nc2cn(C)nc2C)c1N. The molecule has 0 saturated carbocycles. The molecule has 102 valence electrons. The first-order valence-corrected chi connectivity index (χ1v) is 6.40. The number of hydrogen-bond donors (Lipinski definition) is 2. The van der Waals surface area contributed by atoms with Crippen LogP contribution < -0.4 is 15.8 Å². The van der Waals surface area contributed by atoms with Crippen LogP contribution in [0.3, 0.4) is 0 Å². The van der Waals surface area contributed by atoms with Crippen molar-refractivity contribution in [3.63, 3.8) is 0 Å². The van der Waals surface area contributed by atoms with Crippen molar-refractivity contribution >= 4 is 17.1 Å². The number of rotatable bonds is 5. The summed E-state index contributed by atoms with van der Waals surface area (Å²) in [5.41, 5.74) is 9.45. The van der Waals surface area contributed by atoms with Crippen LogP contribution in [-0.2, 0) is 7.05 Å². The number of nitrogens with zero attached hydrogens (tertiary/aromatic N) is 2. The second kappa shape index (κ2) is 5.65. The number of aromatic nitrogens is 2. The third kappa shape index (κ3) is 2.99. The summed E-state index contributed by atoms with van der Waals surface area (Å²) in [6.45, 7) is 4.69. The maximum Gasteiger partial charge on any atom is 0.144 e. The van der Waals surface area contributed by atoms with Crippen LogP contribution in [-0.4, -0.2) is 16.4 Å². The van der Waals surface area contributed by atoms with Crippen LogP contribution in [0.2, 0.25) is 0 Å². The molecule has 0 spiro atoms. The van der Waals surface area contributed by atoms with Gasteiger partial charge >= 0.3 is 0 Å². The van der Waals surface area contributed by atoms with E-state index in [1.54, 1.807) is 4.68 Å². The number of nitrogen functional groups attached to an aromatic ring is 1. The van der Waals surface area contributed by atoms with Crippen LogP contribution in [0.1, 0.15) is 19.0 Å². The maximum absolute atomic E-state index is 6.11. The molecule has 5 nitrogen and oxygen atoms in total. The summed E-state index contributed by atoms with van der Waals surface area (Å²) >= 11 is 0. The largest absolute Gasteiger partial charge is 0.491 e. The molecule has 0 bridgehead atoms. The summed E-state index contributed by atoms with van der Waals surface area (Å²) in [5, 5.41) is 7.58. The molecular formula is C14H20N4O. The van der Waals surface area contributed by atoms with Crippen molar-refractivity contribution in [1.82, 2.24) is 9.78 Å². The quantitative estimate of drug-likeness (QED) is 0.811. The Morgan fingerprint density at radius 2 is 2.16 bits per heavy atom. The van der Waals surface area contributed by atoms with Gasteiger partial charge in [-0.25, -0.2) is 0 Å². The van der Waals surface area contributed by atoms with E-state index in [2.05, 4.69) is 17.3 Å². The van der Waals surface area contributed by atoms with Crippen molar-refractivity contribution in [2.24, 2.45) is 7.05 Å². The fourth-order valence-electron chi connectivity index (χ4n) is 1.86. The van der Waals surface area contributed by atoms with Crippen LogP contribution in [0.25, 0.3) is 0 Å². The number of nitrogens with two attached hydrogens (primary N) is 1. The highest BCUT2D eigenvalue weighted by Gasteiger charge is 2.09. The lowest BCUT2D eigenvalue weighted by molar-refractivity contribution is 0.319. The molecule has 0 saturated heterocycles. The van der Waals surface area contributed by atoms with Crippen molar-refractivity contribution in [3.8, 4) is 5.75 Å². The molecule has 0 radical (unpaired) electrons. The molecule has 0 amide bonds. The van der Waals surface area contributed by atoms with E-state index >= 15 is 0 Å². The highest BCUT2D eigenvalue weighted by molar-refractivity contribution is 5.77. The molecule has 0 fully saturated rings. The lowest BCUT2D eigenvalue weighted by atomic mass is 10.2. The van der Waals surface area contributed by atoms with E-state index in [0.717, 1.165) is 23.5 Å². The fourth-order valence-corrected chi connectivity index (χ4v) is 1.86. The van der Waals surface area contributed by atoms with Gasteiger partial charge in [-0.2, -0.15) is 5.10 Å². The highest BCUT2D eigenvalue weighted by atomic mass is 16.5. The summed E-state index contributed by atoms with van der Waals surface area (Å²) in [7, 11) is 1.89. The third-order valence-electron chi connectivity index (χ3n) is 2.81. The number of aryl methyl sites for hydroxylation is 2. The first-order chi connectivity index (χ1) is 9.11. The molecule has 3 N–H and O–H groups in total. The average Bonchev–Trinajstić information content (AvgIpc) is 2.69. The fraction of sp³-hybridized carbons (Fsp3) is 0.357. The van der Waals surface area contributed by atoms with Crippen LogP contribution in [0.15, 0.2) is 24.4 Å². The molecule has 0 unspecified atom stereocenters. The van der Waals surface area contributed by atoms with E-state index in [0.29, 0.717) is 18.0 Å². The van der Waals surface area contributed by atoms with Crippen molar-refractivity contribution in [3.05, 3.63) is 30.1 Å². The molecule has 1 heterocycles. The van der Waals surface area contributed by atoms with E-state index in [1.165, 1.54) is 0 Å². The molecule has 1 aromatic carbocycles. The van der Waals surface area contributed by atoms with Gasteiger partial charge in [-0.05, 0) is 25.5 Å². The third-order valence-corrected chi connectivity index (χ3v) is 2.81. The molecule has 2 aromatic rings. The minimum atomic E-state index is 0.624. The average molecular weight is 260 g/mol. The molecule has 1 aromatic heterocycles. The zero-order valence-electron chi connectivity index (χ0n) is 11.6. The van der Waals surface area contributed by atoms with Gasteiger partial charge in [0.15, 0.2) is 0 Å². The lowest BCUT2D eigenvalue weighted by Crippen LogP contribution is -2.02. The lowest BCUT2D eigenvalue weighted by Gasteiger charge is -2.13. The van der Waals surface area contributed by atoms with Crippen molar-refractivity contribution < 1.29 is 4.74 Å². The highest BCUT2D eigenvalue weighted by Crippen LogP contribution is 2.32. The summed E-state index contributed by atoms with van der Waals surface area (Å²) in [6.07, 6.45) is 2.88. The zero-order chi connectivity index (χ0) is 13.8. The van der Waals surface area contributed by atoms with Gasteiger partial charge < -0.3 is 15.8 Å². The van der Waals surface area contributed by atoms with Crippen LogP contribution in [0.4, 0.5) is 17.1 Å². The van der Waals surface area contributed by atoms with Gasteiger partial charge in [-0.3, -0.25) is 4.68 Å². The summed E-state index contributed by atoms with van der Waals surface area (Å²) < 4.78 is 7.38. The molecule has 2 rings (SSSR count). The zero-order valence-corrected chi connectivity index (χ0v) is 11.6. The molecular weight excluding hydrogens is 240 g/mol. The topological polar surface area (TPSA) is 65.1 Å². The van der Waals surface area contributed by atoms with Crippen LogP contribution >= 0.6 is 0 Å². The number of ether oxygens (including phenoxy) is 1. The first kappa shape index (κ1) is 13.3. The molecule has 0 atom stereocenters. The summed E-state index contributed by atoms with van der Waals surface area (Å²) in [6, 6.07) is 5.74. The Hall–Kier alpha value is -2.17. The Kier molecular flexibility index (Phi) is 3.94. The van der Waals surface area contributed by atoms with Crippen molar-refractivity contribution in [2.45, 2.75) is 20.3 Å². The van der Waals surface area contributed by atoms with E-state index in [9.17, 15) is 0 Å². The smallest absolute Gasteiger partial charge is 0.144 e. The van der Waals surface area contributed by atoms with Gasteiger partial charge in [0.1, 0.15) is 5.75 Å². The van der Waals surface area contributed by atoms with Gasteiger partial charge in [0, 0.05) is 13.2 Å². The van der Waals surface area contributed by atoms with Gasteiger partial charge in [-0.15, -0.1) is 0 Å². The summed E-state index contributed by atoms with van der Waals surface area (Å²) in [5.74, 6) is 0.716. The molecule has 5 heteroatoms. The van der Waals surface area contributed by atoms with Gasteiger partial charge in [0.25, 0.3) is 0 Å². The van der Waals surface area contributed by atoms with Gasteiger partial charge in [-0.1, -0.05) is 13.0 Å². The second-order valence-electron chi connectivity index (χ2n) is 4.49. The number of benzene rings is 1. The van der Waals surface area contributed by atoms with E-state index < -0.39 is 0 Å². The van der Waals surface area contributed by atoms with E-state index in [-0.39, 0.29) is 0 Å². The van der Waals surface area contributed by atoms with E-state index in [4.69, 9.17) is 10.5 Å². The molecule has 19 heavy (non-hydrogen) atoms. The number of nitrogens with one attached hydrogen (secondary N) is 1. The Labute approximate surface area is 113 Å². The predicted octanol–water partition coefficient (Wildman–Crippen LogP) is 2.84.